The highest BCUT2D eigenvalue weighted by molar-refractivity contribution is 5.92. The summed E-state index contributed by atoms with van der Waals surface area (Å²) in [5.74, 6) is 0.639. The van der Waals surface area contributed by atoms with Crippen molar-refractivity contribution >= 4 is 5.78 Å². The molecular weight excluding hydrogens is 164 g/mol. The van der Waals surface area contributed by atoms with Gasteiger partial charge in [0.2, 0.25) is 0 Å². The summed E-state index contributed by atoms with van der Waals surface area (Å²) in [5, 5.41) is 0. The molecule has 0 aromatic carbocycles. The van der Waals surface area contributed by atoms with Crippen molar-refractivity contribution in [2.75, 3.05) is 6.61 Å². The molecule has 0 aromatic heterocycles. The molecule has 3 atom stereocenters. The molecule has 0 aliphatic heterocycles. The monoisotopic (exact) mass is 180 g/mol. The standard InChI is InChI=1S/C11H16O2/c1-2-3-6-13-10-7-8-4-5-9(10)11(8)12/h4-5,8-10H,2-3,6-7H2,1H3. The van der Waals surface area contributed by atoms with E-state index in [1.54, 1.807) is 0 Å². The van der Waals surface area contributed by atoms with Crippen molar-refractivity contribution in [3.8, 4) is 0 Å². The van der Waals surface area contributed by atoms with Gasteiger partial charge in [-0.2, -0.15) is 0 Å². The molecule has 0 aromatic rings. The molecule has 13 heavy (non-hydrogen) atoms. The number of fused-ring (bicyclic) bond motifs is 2. The Bertz CT molecular complexity index is 232. The minimum absolute atomic E-state index is 0.0851. The number of carbonyl (C=O) groups is 1. The highest BCUT2D eigenvalue weighted by Crippen LogP contribution is 2.37. The predicted molar refractivity (Wildman–Crippen MR) is 50.4 cm³/mol. The number of hydrogen-bond donors (Lipinski definition) is 0. The first-order valence-corrected chi connectivity index (χ1v) is 5.16. The lowest BCUT2D eigenvalue weighted by molar-refractivity contribution is -0.122. The molecule has 0 spiro atoms. The fourth-order valence-electron chi connectivity index (χ4n) is 2.14. The molecule has 0 N–H and O–H groups in total. The van der Waals surface area contributed by atoms with Gasteiger partial charge in [-0.05, 0) is 12.8 Å². The molecule has 2 nitrogen and oxygen atoms in total. The van der Waals surface area contributed by atoms with Crippen LogP contribution in [-0.2, 0) is 9.53 Å². The number of hydrogen-bond acceptors (Lipinski definition) is 2. The Labute approximate surface area is 79.0 Å². The van der Waals surface area contributed by atoms with Crippen molar-refractivity contribution in [2.45, 2.75) is 32.3 Å². The lowest BCUT2D eigenvalue weighted by Gasteiger charge is -2.17. The number of ketones is 1. The van der Waals surface area contributed by atoms with E-state index in [4.69, 9.17) is 4.74 Å². The largest absolute Gasteiger partial charge is 0.377 e. The number of ether oxygens (including phenoxy) is 1. The van der Waals surface area contributed by atoms with Gasteiger partial charge in [-0.1, -0.05) is 25.5 Å². The summed E-state index contributed by atoms with van der Waals surface area (Å²) in [6.45, 7) is 2.96. The predicted octanol–water partition coefficient (Wildman–Crippen LogP) is 1.95. The maximum absolute atomic E-state index is 11.5. The van der Waals surface area contributed by atoms with E-state index in [0.29, 0.717) is 5.78 Å². The van der Waals surface area contributed by atoms with Gasteiger partial charge in [-0.25, -0.2) is 0 Å². The van der Waals surface area contributed by atoms with Gasteiger partial charge in [0.25, 0.3) is 0 Å². The van der Waals surface area contributed by atoms with E-state index in [2.05, 4.69) is 6.92 Å². The third-order valence-corrected chi connectivity index (χ3v) is 2.96. The van der Waals surface area contributed by atoms with Gasteiger partial charge in [-0.15, -0.1) is 0 Å². The summed E-state index contributed by atoms with van der Waals surface area (Å²) in [4.78, 5) is 11.5. The normalized spacial score (nSPS) is 36.1. The third-order valence-electron chi connectivity index (χ3n) is 2.96. The zero-order chi connectivity index (χ0) is 9.26. The first-order chi connectivity index (χ1) is 6.33. The van der Waals surface area contributed by atoms with Crippen LogP contribution in [0.5, 0.6) is 0 Å². The van der Waals surface area contributed by atoms with Crippen LogP contribution in [0.25, 0.3) is 0 Å². The maximum atomic E-state index is 11.5. The van der Waals surface area contributed by atoms with Gasteiger partial charge in [0.05, 0.1) is 12.0 Å². The second-order valence-electron chi connectivity index (χ2n) is 3.92. The van der Waals surface area contributed by atoms with E-state index in [9.17, 15) is 4.79 Å². The van der Waals surface area contributed by atoms with Gasteiger partial charge in [0.15, 0.2) is 0 Å². The topological polar surface area (TPSA) is 26.3 Å². The SMILES string of the molecule is CCCCOC1CC2C=CC1C2=O. The second kappa shape index (κ2) is 3.62. The molecule has 2 rings (SSSR count). The van der Waals surface area contributed by atoms with E-state index in [-0.39, 0.29) is 17.9 Å². The van der Waals surface area contributed by atoms with E-state index in [0.717, 1.165) is 25.9 Å². The molecule has 2 bridgehead atoms. The van der Waals surface area contributed by atoms with Crippen LogP contribution in [0.4, 0.5) is 0 Å². The van der Waals surface area contributed by atoms with Gasteiger partial charge in [0, 0.05) is 12.5 Å². The van der Waals surface area contributed by atoms with Crippen molar-refractivity contribution in [1.29, 1.82) is 0 Å². The van der Waals surface area contributed by atoms with Crippen molar-refractivity contribution < 1.29 is 9.53 Å². The number of allylic oxidation sites excluding steroid dienone is 1. The summed E-state index contributed by atoms with van der Waals surface area (Å²) < 4.78 is 5.68. The van der Waals surface area contributed by atoms with Gasteiger partial charge in [0.1, 0.15) is 5.78 Å². The molecular formula is C11H16O2. The summed E-state index contributed by atoms with van der Waals surface area (Å²) in [6, 6.07) is 0. The number of rotatable bonds is 4. The van der Waals surface area contributed by atoms with Crippen LogP contribution >= 0.6 is 0 Å². The summed E-state index contributed by atoms with van der Waals surface area (Å²) in [5.41, 5.74) is 0. The van der Waals surface area contributed by atoms with Crippen LogP contribution in [-0.4, -0.2) is 18.5 Å². The molecule has 3 unspecified atom stereocenters. The zero-order valence-corrected chi connectivity index (χ0v) is 8.03. The zero-order valence-electron chi connectivity index (χ0n) is 8.03. The molecule has 0 radical (unpaired) electrons. The van der Waals surface area contributed by atoms with E-state index >= 15 is 0 Å². The second-order valence-corrected chi connectivity index (χ2v) is 3.92. The van der Waals surface area contributed by atoms with Gasteiger partial charge >= 0.3 is 0 Å². The Kier molecular flexibility index (Phi) is 2.49. The third kappa shape index (κ3) is 1.55. The van der Waals surface area contributed by atoms with Crippen LogP contribution < -0.4 is 0 Å². The molecule has 2 heteroatoms. The maximum Gasteiger partial charge on any atom is 0.149 e. The number of carbonyl (C=O) groups excluding carboxylic acids is 1. The van der Waals surface area contributed by atoms with Crippen LogP contribution in [0.15, 0.2) is 12.2 Å². The van der Waals surface area contributed by atoms with Crippen molar-refractivity contribution in [3.63, 3.8) is 0 Å². The highest BCUT2D eigenvalue weighted by Gasteiger charge is 2.43. The van der Waals surface area contributed by atoms with Crippen molar-refractivity contribution in [3.05, 3.63) is 12.2 Å². The molecule has 0 amide bonds. The lowest BCUT2D eigenvalue weighted by atomic mass is 10.0. The summed E-state index contributed by atoms with van der Waals surface area (Å²) in [7, 11) is 0. The molecule has 1 fully saturated rings. The Balaban J connectivity index is 1.83. The van der Waals surface area contributed by atoms with Crippen LogP contribution in [0, 0.1) is 11.8 Å². The number of Topliss-reactive ketones (excluding diaryl/α,β-unsaturated/α-hetero) is 1. The minimum atomic E-state index is 0.0851. The molecule has 72 valence electrons. The van der Waals surface area contributed by atoms with Crippen molar-refractivity contribution in [2.24, 2.45) is 11.8 Å². The van der Waals surface area contributed by atoms with Gasteiger partial charge in [-0.3, -0.25) is 4.79 Å². The van der Waals surface area contributed by atoms with Gasteiger partial charge < -0.3 is 4.74 Å². The first kappa shape index (κ1) is 8.95. The molecule has 0 heterocycles. The Morgan fingerprint density at radius 3 is 2.92 bits per heavy atom. The molecule has 0 saturated heterocycles. The minimum Gasteiger partial charge on any atom is -0.377 e. The Hall–Kier alpha value is -0.630. The average Bonchev–Trinajstić information content (AvgIpc) is 2.62. The average molecular weight is 180 g/mol. The molecule has 2 aliphatic rings. The van der Waals surface area contributed by atoms with Crippen LogP contribution in [0.2, 0.25) is 0 Å². The Morgan fingerprint density at radius 2 is 2.38 bits per heavy atom. The quantitative estimate of drug-likeness (QED) is 0.488. The fourth-order valence-corrected chi connectivity index (χ4v) is 2.14. The highest BCUT2D eigenvalue weighted by atomic mass is 16.5. The smallest absolute Gasteiger partial charge is 0.149 e. The molecule has 1 saturated carbocycles. The molecule has 2 aliphatic carbocycles. The van der Waals surface area contributed by atoms with E-state index in [1.807, 2.05) is 12.2 Å². The lowest BCUT2D eigenvalue weighted by Crippen LogP contribution is -2.20. The van der Waals surface area contributed by atoms with Crippen LogP contribution in [0.1, 0.15) is 26.2 Å². The fraction of sp³-hybridized carbons (Fsp3) is 0.727. The van der Waals surface area contributed by atoms with Crippen molar-refractivity contribution in [1.82, 2.24) is 0 Å². The summed E-state index contributed by atoms with van der Waals surface area (Å²) >= 11 is 0. The van der Waals surface area contributed by atoms with Crippen LogP contribution in [0.3, 0.4) is 0 Å². The summed E-state index contributed by atoms with van der Waals surface area (Å²) in [6.07, 6.45) is 7.42. The first-order valence-electron chi connectivity index (χ1n) is 5.16. The number of unbranched alkanes of at least 4 members (excludes halogenated alkanes) is 1. The van der Waals surface area contributed by atoms with E-state index < -0.39 is 0 Å². The van der Waals surface area contributed by atoms with E-state index in [1.165, 1.54) is 0 Å². The Morgan fingerprint density at radius 1 is 1.54 bits per heavy atom.